The van der Waals surface area contributed by atoms with E-state index in [0.29, 0.717) is 11.5 Å². The maximum absolute atomic E-state index is 8.76. The van der Waals surface area contributed by atoms with Crippen molar-refractivity contribution in [1.82, 2.24) is 5.32 Å². The van der Waals surface area contributed by atoms with Crippen molar-refractivity contribution >= 4 is 5.84 Å². The largest absolute Gasteiger partial charge is 0.493 e. The van der Waals surface area contributed by atoms with Gasteiger partial charge in [0.1, 0.15) is 0 Å². The molecule has 0 bridgehead atoms. The first-order valence-electron chi connectivity index (χ1n) is 6.52. The highest BCUT2D eigenvalue weighted by Gasteiger charge is 2.17. The summed E-state index contributed by atoms with van der Waals surface area (Å²) in [6.45, 7) is 3.98. The number of ether oxygens (including phenoxy) is 2. The van der Waals surface area contributed by atoms with Gasteiger partial charge >= 0.3 is 0 Å². The molecular formula is C14H23N3O3. The lowest BCUT2D eigenvalue weighted by atomic mass is 10.1. The number of nitrogens with zero attached hydrogens (tertiary/aromatic N) is 1. The van der Waals surface area contributed by atoms with Crippen molar-refractivity contribution in [2.24, 2.45) is 10.9 Å². The molecular weight excluding hydrogens is 258 g/mol. The number of hydrogen-bond acceptors (Lipinski definition) is 5. The predicted molar refractivity (Wildman–Crippen MR) is 78.6 cm³/mol. The lowest BCUT2D eigenvalue weighted by molar-refractivity contribution is 0.313. The minimum absolute atomic E-state index is 0.0278. The maximum atomic E-state index is 8.76. The average Bonchev–Trinajstić information content (AvgIpc) is 2.50. The van der Waals surface area contributed by atoms with Crippen LogP contribution in [0.1, 0.15) is 31.9 Å². The molecule has 6 heteroatoms. The first-order chi connectivity index (χ1) is 9.57. The van der Waals surface area contributed by atoms with Gasteiger partial charge in [-0.25, -0.2) is 0 Å². The summed E-state index contributed by atoms with van der Waals surface area (Å²) < 4.78 is 10.5. The van der Waals surface area contributed by atoms with Crippen molar-refractivity contribution in [2.75, 3.05) is 14.2 Å². The van der Waals surface area contributed by atoms with Crippen molar-refractivity contribution in [3.05, 3.63) is 23.8 Å². The number of hydrogen-bond donors (Lipinski definition) is 3. The molecule has 0 aliphatic carbocycles. The summed E-state index contributed by atoms with van der Waals surface area (Å²) in [5, 5.41) is 15.1. The van der Waals surface area contributed by atoms with E-state index in [2.05, 4.69) is 10.5 Å². The molecule has 0 spiro atoms. The fourth-order valence-electron chi connectivity index (χ4n) is 2.00. The summed E-state index contributed by atoms with van der Waals surface area (Å²) in [5.41, 5.74) is 6.68. The third-order valence-electron chi connectivity index (χ3n) is 3.24. The molecule has 6 nitrogen and oxygen atoms in total. The molecule has 112 valence electrons. The van der Waals surface area contributed by atoms with E-state index in [1.807, 2.05) is 32.0 Å². The van der Waals surface area contributed by atoms with Crippen molar-refractivity contribution in [1.29, 1.82) is 0 Å². The zero-order valence-electron chi connectivity index (χ0n) is 12.4. The second kappa shape index (κ2) is 7.59. The zero-order valence-corrected chi connectivity index (χ0v) is 12.4. The second-order valence-electron chi connectivity index (χ2n) is 4.49. The number of nitrogens with two attached hydrogens (primary N) is 1. The smallest absolute Gasteiger partial charge is 0.161 e. The van der Waals surface area contributed by atoms with Gasteiger partial charge < -0.3 is 25.7 Å². The van der Waals surface area contributed by atoms with E-state index in [-0.39, 0.29) is 17.9 Å². The number of oxime groups is 1. The SMILES string of the molecule is CCC(NC(C)c1ccc(OC)c(OC)c1)C(N)=NO. The first-order valence-corrected chi connectivity index (χ1v) is 6.52. The Morgan fingerprint density at radius 2 is 2.00 bits per heavy atom. The van der Waals surface area contributed by atoms with Crippen LogP contribution in [0.5, 0.6) is 11.5 Å². The van der Waals surface area contributed by atoms with Gasteiger partial charge in [-0.15, -0.1) is 0 Å². The second-order valence-corrected chi connectivity index (χ2v) is 4.49. The Morgan fingerprint density at radius 3 is 2.50 bits per heavy atom. The van der Waals surface area contributed by atoms with E-state index in [9.17, 15) is 0 Å². The Balaban J connectivity index is 2.89. The standard InChI is InChI=1S/C14H23N3O3/c1-5-11(14(15)17-18)16-9(2)10-6-7-12(19-3)13(8-10)20-4/h6-9,11,16,18H,5H2,1-4H3,(H2,15,17). The van der Waals surface area contributed by atoms with Crippen LogP contribution in [0, 0.1) is 0 Å². The van der Waals surface area contributed by atoms with E-state index in [4.69, 9.17) is 20.4 Å². The molecule has 0 heterocycles. The van der Waals surface area contributed by atoms with Gasteiger partial charge in [0.15, 0.2) is 17.3 Å². The molecule has 0 aliphatic rings. The summed E-state index contributed by atoms with van der Waals surface area (Å²) >= 11 is 0. The molecule has 0 aromatic heterocycles. The summed E-state index contributed by atoms with van der Waals surface area (Å²) in [7, 11) is 3.20. The van der Waals surface area contributed by atoms with Crippen LogP contribution in [0.25, 0.3) is 0 Å². The minimum Gasteiger partial charge on any atom is -0.493 e. The molecule has 0 amide bonds. The summed E-state index contributed by atoms with van der Waals surface area (Å²) in [4.78, 5) is 0. The van der Waals surface area contributed by atoms with Crippen molar-refractivity contribution in [3.8, 4) is 11.5 Å². The number of rotatable bonds is 7. The lowest BCUT2D eigenvalue weighted by Crippen LogP contribution is -2.42. The highest BCUT2D eigenvalue weighted by Crippen LogP contribution is 2.30. The molecule has 1 aromatic carbocycles. The number of amidine groups is 1. The van der Waals surface area contributed by atoms with Crippen LogP contribution in [0.2, 0.25) is 0 Å². The molecule has 20 heavy (non-hydrogen) atoms. The average molecular weight is 281 g/mol. The van der Waals surface area contributed by atoms with Gasteiger partial charge in [0, 0.05) is 6.04 Å². The number of benzene rings is 1. The number of methoxy groups -OCH3 is 2. The fourth-order valence-corrected chi connectivity index (χ4v) is 2.00. The van der Waals surface area contributed by atoms with Crippen LogP contribution >= 0.6 is 0 Å². The van der Waals surface area contributed by atoms with E-state index in [1.54, 1.807) is 14.2 Å². The Hall–Kier alpha value is -1.95. The van der Waals surface area contributed by atoms with Gasteiger partial charge in [-0.2, -0.15) is 0 Å². The van der Waals surface area contributed by atoms with Crippen LogP contribution < -0.4 is 20.5 Å². The Kier molecular flexibility index (Phi) is 6.11. The third kappa shape index (κ3) is 3.77. The number of nitrogens with one attached hydrogen (secondary N) is 1. The van der Waals surface area contributed by atoms with Crippen LogP contribution in [-0.2, 0) is 0 Å². The van der Waals surface area contributed by atoms with E-state index in [1.165, 1.54) is 0 Å². The van der Waals surface area contributed by atoms with E-state index < -0.39 is 0 Å². The molecule has 0 saturated carbocycles. The van der Waals surface area contributed by atoms with Crippen molar-refractivity contribution < 1.29 is 14.7 Å². The van der Waals surface area contributed by atoms with Crippen LogP contribution in [0.3, 0.4) is 0 Å². The normalized spacial score (nSPS) is 14.7. The monoisotopic (exact) mass is 281 g/mol. The van der Waals surface area contributed by atoms with E-state index in [0.717, 1.165) is 12.0 Å². The van der Waals surface area contributed by atoms with E-state index >= 15 is 0 Å². The van der Waals surface area contributed by atoms with Crippen LogP contribution in [-0.4, -0.2) is 31.3 Å². The van der Waals surface area contributed by atoms with Gasteiger partial charge in [0.05, 0.1) is 20.3 Å². The Bertz CT molecular complexity index is 463. The fraction of sp³-hybridized carbons (Fsp3) is 0.500. The topological polar surface area (TPSA) is 89.1 Å². The highest BCUT2D eigenvalue weighted by atomic mass is 16.5. The van der Waals surface area contributed by atoms with Gasteiger partial charge in [-0.1, -0.05) is 18.1 Å². The third-order valence-corrected chi connectivity index (χ3v) is 3.24. The Morgan fingerprint density at radius 1 is 1.35 bits per heavy atom. The van der Waals surface area contributed by atoms with Gasteiger partial charge in [0.2, 0.25) is 0 Å². The molecule has 0 aliphatic heterocycles. The maximum Gasteiger partial charge on any atom is 0.161 e. The summed E-state index contributed by atoms with van der Waals surface area (Å²) in [5.74, 6) is 1.54. The highest BCUT2D eigenvalue weighted by molar-refractivity contribution is 5.85. The van der Waals surface area contributed by atoms with Crippen LogP contribution in [0.15, 0.2) is 23.4 Å². The molecule has 0 radical (unpaired) electrons. The van der Waals surface area contributed by atoms with Crippen molar-refractivity contribution in [3.63, 3.8) is 0 Å². The molecule has 2 unspecified atom stereocenters. The molecule has 2 atom stereocenters. The van der Waals surface area contributed by atoms with Crippen LogP contribution in [0.4, 0.5) is 0 Å². The molecule has 4 N–H and O–H groups in total. The van der Waals surface area contributed by atoms with Crippen molar-refractivity contribution in [2.45, 2.75) is 32.4 Å². The predicted octanol–water partition coefficient (Wildman–Crippen LogP) is 1.88. The minimum atomic E-state index is -0.178. The van der Waals surface area contributed by atoms with Gasteiger partial charge in [-0.3, -0.25) is 0 Å². The molecule has 1 rings (SSSR count). The summed E-state index contributed by atoms with van der Waals surface area (Å²) in [6.07, 6.45) is 0.730. The zero-order chi connectivity index (χ0) is 15.1. The lowest BCUT2D eigenvalue weighted by Gasteiger charge is -2.22. The Labute approximate surface area is 119 Å². The molecule has 1 aromatic rings. The first kappa shape index (κ1) is 16.1. The molecule has 0 saturated heterocycles. The summed E-state index contributed by atoms with van der Waals surface area (Å²) in [6, 6.07) is 5.58. The quantitative estimate of drug-likeness (QED) is 0.307. The van der Waals surface area contributed by atoms with Gasteiger partial charge in [-0.05, 0) is 31.0 Å². The molecule has 0 fully saturated rings. The van der Waals surface area contributed by atoms with Gasteiger partial charge in [0.25, 0.3) is 0 Å².